The Balaban J connectivity index is 2.83. The molecule has 0 spiro atoms. The molecule has 16 heavy (non-hydrogen) atoms. The Kier molecular flexibility index (Phi) is 4.53. The third-order valence-electron chi connectivity index (χ3n) is 2.52. The minimum atomic E-state index is 0.370. The molecule has 0 bridgehead atoms. The molecule has 2 nitrogen and oxygen atoms in total. The SMILES string of the molecule is CC(C)CN(C(=N)c1ccccc1)C(C)C. The molecule has 88 valence electrons. The zero-order valence-corrected chi connectivity index (χ0v) is 10.7. The first-order valence-corrected chi connectivity index (χ1v) is 5.93. The van der Waals surface area contributed by atoms with E-state index in [2.05, 4.69) is 32.6 Å². The maximum atomic E-state index is 8.24. The second-order valence-electron chi connectivity index (χ2n) is 4.85. The highest BCUT2D eigenvalue weighted by atomic mass is 15.2. The van der Waals surface area contributed by atoms with Crippen LogP contribution in [0.4, 0.5) is 0 Å². The number of rotatable bonds is 4. The average Bonchev–Trinajstić information content (AvgIpc) is 2.25. The van der Waals surface area contributed by atoms with Crippen LogP contribution in [0.25, 0.3) is 0 Å². The minimum Gasteiger partial charge on any atom is -0.354 e. The molecule has 0 saturated heterocycles. The Bertz CT molecular complexity index is 328. The van der Waals surface area contributed by atoms with E-state index in [1.165, 1.54) is 0 Å². The van der Waals surface area contributed by atoms with Gasteiger partial charge >= 0.3 is 0 Å². The Morgan fingerprint density at radius 1 is 1.12 bits per heavy atom. The Morgan fingerprint density at radius 2 is 1.69 bits per heavy atom. The number of benzene rings is 1. The van der Waals surface area contributed by atoms with Crippen LogP contribution in [0.3, 0.4) is 0 Å². The van der Waals surface area contributed by atoms with Crippen molar-refractivity contribution in [1.29, 1.82) is 5.41 Å². The monoisotopic (exact) mass is 218 g/mol. The highest BCUT2D eigenvalue weighted by molar-refractivity contribution is 5.96. The van der Waals surface area contributed by atoms with E-state index in [1.54, 1.807) is 0 Å². The predicted octanol–water partition coefficient (Wildman–Crippen LogP) is 3.38. The van der Waals surface area contributed by atoms with Crippen molar-refractivity contribution in [2.24, 2.45) is 5.92 Å². The van der Waals surface area contributed by atoms with E-state index >= 15 is 0 Å². The van der Waals surface area contributed by atoms with Gasteiger partial charge in [-0.25, -0.2) is 0 Å². The fourth-order valence-electron chi connectivity index (χ4n) is 1.72. The maximum absolute atomic E-state index is 8.24. The lowest BCUT2D eigenvalue weighted by molar-refractivity contribution is 0.310. The first kappa shape index (κ1) is 12.8. The molecule has 0 aliphatic heterocycles. The number of amidine groups is 1. The van der Waals surface area contributed by atoms with Gasteiger partial charge in [0.05, 0.1) is 0 Å². The second kappa shape index (κ2) is 5.69. The van der Waals surface area contributed by atoms with E-state index in [9.17, 15) is 0 Å². The molecule has 0 heterocycles. The van der Waals surface area contributed by atoms with Crippen LogP contribution in [-0.2, 0) is 0 Å². The van der Waals surface area contributed by atoms with E-state index < -0.39 is 0 Å². The second-order valence-corrected chi connectivity index (χ2v) is 4.85. The Labute approximate surface area is 98.8 Å². The van der Waals surface area contributed by atoms with E-state index in [0.717, 1.165) is 12.1 Å². The van der Waals surface area contributed by atoms with Crippen molar-refractivity contribution in [3.05, 3.63) is 35.9 Å². The molecule has 0 aromatic heterocycles. The molecule has 0 aliphatic rings. The van der Waals surface area contributed by atoms with Crippen LogP contribution < -0.4 is 0 Å². The summed E-state index contributed by atoms with van der Waals surface area (Å²) in [7, 11) is 0. The summed E-state index contributed by atoms with van der Waals surface area (Å²) < 4.78 is 0. The highest BCUT2D eigenvalue weighted by Crippen LogP contribution is 2.10. The van der Waals surface area contributed by atoms with E-state index in [0.29, 0.717) is 17.8 Å². The average molecular weight is 218 g/mol. The fourth-order valence-corrected chi connectivity index (χ4v) is 1.72. The smallest absolute Gasteiger partial charge is 0.128 e. The molecular formula is C14H22N2. The van der Waals surface area contributed by atoms with Gasteiger partial charge in [0.25, 0.3) is 0 Å². The van der Waals surface area contributed by atoms with E-state index in [4.69, 9.17) is 5.41 Å². The van der Waals surface area contributed by atoms with Crippen molar-refractivity contribution < 1.29 is 0 Å². The Hall–Kier alpha value is -1.31. The van der Waals surface area contributed by atoms with Crippen LogP contribution in [0.5, 0.6) is 0 Å². The number of hydrogen-bond donors (Lipinski definition) is 1. The van der Waals surface area contributed by atoms with Gasteiger partial charge in [-0.3, -0.25) is 5.41 Å². The van der Waals surface area contributed by atoms with Gasteiger partial charge in [-0.05, 0) is 19.8 Å². The van der Waals surface area contributed by atoms with Gasteiger partial charge in [-0.15, -0.1) is 0 Å². The summed E-state index contributed by atoms with van der Waals surface area (Å²) in [5, 5.41) is 8.24. The summed E-state index contributed by atoms with van der Waals surface area (Å²) in [4.78, 5) is 2.15. The molecule has 1 N–H and O–H groups in total. The summed E-state index contributed by atoms with van der Waals surface area (Å²) in [5.74, 6) is 1.20. The molecule has 0 fully saturated rings. The summed E-state index contributed by atoms with van der Waals surface area (Å²) in [6.07, 6.45) is 0. The molecule has 0 aliphatic carbocycles. The van der Waals surface area contributed by atoms with Gasteiger partial charge in [-0.2, -0.15) is 0 Å². The summed E-state index contributed by atoms with van der Waals surface area (Å²) in [6.45, 7) is 9.59. The first-order chi connectivity index (χ1) is 7.52. The van der Waals surface area contributed by atoms with Crippen molar-refractivity contribution >= 4 is 5.84 Å². The number of nitrogens with one attached hydrogen (secondary N) is 1. The zero-order valence-electron chi connectivity index (χ0n) is 10.7. The van der Waals surface area contributed by atoms with Gasteiger partial charge in [-0.1, -0.05) is 44.2 Å². The lowest BCUT2D eigenvalue weighted by Gasteiger charge is -2.31. The molecule has 1 rings (SSSR count). The number of hydrogen-bond acceptors (Lipinski definition) is 1. The van der Waals surface area contributed by atoms with Crippen molar-refractivity contribution in [3.63, 3.8) is 0 Å². The third-order valence-corrected chi connectivity index (χ3v) is 2.52. The topological polar surface area (TPSA) is 27.1 Å². The predicted molar refractivity (Wildman–Crippen MR) is 70.0 cm³/mol. The van der Waals surface area contributed by atoms with Crippen LogP contribution >= 0.6 is 0 Å². The summed E-state index contributed by atoms with van der Waals surface area (Å²) >= 11 is 0. The summed E-state index contributed by atoms with van der Waals surface area (Å²) in [6, 6.07) is 10.3. The van der Waals surface area contributed by atoms with Crippen molar-refractivity contribution in [1.82, 2.24) is 4.90 Å². The minimum absolute atomic E-state index is 0.370. The largest absolute Gasteiger partial charge is 0.354 e. The third kappa shape index (κ3) is 3.37. The van der Waals surface area contributed by atoms with Crippen LogP contribution in [0, 0.1) is 11.3 Å². The molecule has 0 saturated carbocycles. The molecule has 0 radical (unpaired) electrons. The normalized spacial score (nSPS) is 10.9. The van der Waals surface area contributed by atoms with Crippen LogP contribution in [0.15, 0.2) is 30.3 Å². The van der Waals surface area contributed by atoms with Crippen molar-refractivity contribution in [2.45, 2.75) is 33.7 Å². The molecule has 0 amide bonds. The van der Waals surface area contributed by atoms with Gasteiger partial charge in [0.15, 0.2) is 0 Å². The van der Waals surface area contributed by atoms with Gasteiger partial charge in [0, 0.05) is 18.2 Å². The van der Waals surface area contributed by atoms with Gasteiger partial charge in [0.2, 0.25) is 0 Å². The first-order valence-electron chi connectivity index (χ1n) is 5.93. The lowest BCUT2D eigenvalue weighted by atomic mass is 10.1. The molecular weight excluding hydrogens is 196 g/mol. The van der Waals surface area contributed by atoms with Crippen molar-refractivity contribution in [3.8, 4) is 0 Å². The number of nitrogens with zero attached hydrogens (tertiary/aromatic N) is 1. The highest BCUT2D eigenvalue weighted by Gasteiger charge is 2.15. The Morgan fingerprint density at radius 3 is 2.12 bits per heavy atom. The van der Waals surface area contributed by atoms with Crippen LogP contribution in [-0.4, -0.2) is 23.3 Å². The summed E-state index contributed by atoms with van der Waals surface area (Å²) in [5.41, 5.74) is 0.997. The van der Waals surface area contributed by atoms with Gasteiger partial charge < -0.3 is 4.90 Å². The van der Waals surface area contributed by atoms with E-state index in [-0.39, 0.29) is 0 Å². The molecule has 0 unspecified atom stereocenters. The molecule has 2 heteroatoms. The van der Waals surface area contributed by atoms with Crippen LogP contribution in [0.2, 0.25) is 0 Å². The quantitative estimate of drug-likeness (QED) is 0.609. The maximum Gasteiger partial charge on any atom is 0.128 e. The molecule has 0 atom stereocenters. The van der Waals surface area contributed by atoms with Crippen LogP contribution in [0.1, 0.15) is 33.3 Å². The zero-order chi connectivity index (χ0) is 12.1. The standard InChI is InChI=1S/C14H22N2/c1-11(2)10-16(12(3)4)14(15)13-8-6-5-7-9-13/h5-9,11-12,15H,10H2,1-4H3. The fraction of sp³-hybridized carbons (Fsp3) is 0.500. The lowest BCUT2D eigenvalue weighted by Crippen LogP contribution is -2.39. The van der Waals surface area contributed by atoms with Crippen molar-refractivity contribution in [2.75, 3.05) is 6.54 Å². The molecule has 1 aromatic rings. The van der Waals surface area contributed by atoms with E-state index in [1.807, 2.05) is 30.3 Å². The van der Waals surface area contributed by atoms with Gasteiger partial charge in [0.1, 0.15) is 5.84 Å². The molecule has 1 aromatic carbocycles.